The number of carbonyl (C=O) groups is 5. The number of nitrogens with zero attached hydrogens (tertiary/aromatic N) is 5. The van der Waals surface area contributed by atoms with Crippen LogP contribution in [0.1, 0.15) is 72.7 Å². The number of ether oxygens (including phenoxy) is 3. The fourth-order valence-electron chi connectivity index (χ4n) is 4.92. The lowest BCUT2D eigenvalue weighted by molar-refractivity contribution is -0.160. The van der Waals surface area contributed by atoms with Crippen molar-refractivity contribution in [2.75, 3.05) is 84.2 Å². The van der Waals surface area contributed by atoms with E-state index in [9.17, 15) is 29.1 Å². The van der Waals surface area contributed by atoms with Crippen molar-refractivity contribution in [2.24, 2.45) is 10.8 Å². The summed E-state index contributed by atoms with van der Waals surface area (Å²) in [5, 5.41) is 12.5. The summed E-state index contributed by atoms with van der Waals surface area (Å²) in [5.74, 6) is -2.40. The van der Waals surface area contributed by atoms with Crippen LogP contribution in [-0.2, 0) is 33.4 Å². The third-order valence-electron chi connectivity index (χ3n) is 7.93. The Bertz CT molecular complexity index is 1560. The molecule has 52 heavy (non-hydrogen) atoms. The first kappa shape index (κ1) is 42.7. The van der Waals surface area contributed by atoms with Crippen molar-refractivity contribution < 1.29 is 43.3 Å². The minimum Gasteiger partial charge on any atom is -0.478 e. The third-order valence-corrected chi connectivity index (χ3v) is 8.88. The highest BCUT2D eigenvalue weighted by Gasteiger charge is 2.27. The zero-order valence-corrected chi connectivity index (χ0v) is 32.9. The van der Waals surface area contributed by atoms with Gasteiger partial charge in [-0.1, -0.05) is 11.3 Å². The quantitative estimate of drug-likeness (QED) is 0.267. The van der Waals surface area contributed by atoms with Gasteiger partial charge in [0.15, 0.2) is 5.13 Å². The number of nitrogens with one attached hydrogen (secondary N) is 1. The summed E-state index contributed by atoms with van der Waals surface area (Å²) in [6.45, 7) is 19.9. The molecule has 1 saturated heterocycles. The van der Waals surface area contributed by atoms with Crippen LogP contribution in [0.4, 0.5) is 5.13 Å². The molecular formula is C36H56N6O9S. The van der Waals surface area contributed by atoms with Crippen LogP contribution in [0.25, 0.3) is 10.2 Å². The second kappa shape index (κ2) is 18.4. The molecule has 15 nitrogen and oxygen atoms in total. The van der Waals surface area contributed by atoms with Crippen molar-refractivity contribution in [1.82, 2.24) is 24.6 Å². The molecule has 0 atom stereocenters. The molecule has 290 valence electrons. The third kappa shape index (κ3) is 14.7. The van der Waals surface area contributed by atoms with Gasteiger partial charge in [0, 0.05) is 52.4 Å². The van der Waals surface area contributed by atoms with Gasteiger partial charge >= 0.3 is 23.9 Å². The molecule has 0 aliphatic carbocycles. The maximum Gasteiger partial charge on any atom is 0.335 e. The van der Waals surface area contributed by atoms with Gasteiger partial charge in [-0.15, -0.1) is 0 Å². The Morgan fingerprint density at radius 3 is 1.63 bits per heavy atom. The molecule has 1 fully saturated rings. The summed E-state index contributed by atoms with van der Waals surface area (Å²) in [6.07, 6.45) is 0. The molecule has 1 aliphatic heterocycles. The van der Waals surface area contributed by atoms with Crippen LogP contribution in [0.15, 0.2) is 18.2 Å². The number of aromatic carboxylic acids is 1. The van der Waals surface area contributed by atoms with E-state index in [4.69, 9.17) is 14.2 Å². The van der Waals surface area contributed by atoms with E-state index in [0.717, 1.165) is 4.70 Å². The summed E-state index contributed by atoms with van der Waals surface area (Å²) >= 11 is 1.25. The van der Waals surface area contributed by atoms with Crippen LogP contribution >= 0.6 is 11.3 Å². The van der Waals surface area contributed by atoms with Crippen LogP contribution in [-0.4, -0.2) is 144 Å². The summed E-state index contributed by atoms with van der Waals surface area (Å²) in [5.41, 5.74) is -1.42. The Kier molecular flexibility index (Phi) is 15.1. The van der Waals surface area contributed by atoms with Crippen molar-refractivity contribution in [2.45, 2.75) is 67.9 Å². The number of carbonyl (C=O) groups excluding carboxylic acids is 4. The number of carboxylic acid groups (broad SMARTS) is 1. The maximum absolute atomic E-state index is 13.4. The molecule has 0 saturated carbocycles. The van der Waals surface area contributed by atoms with E-state index >= 15 is 0 Å². The largest absolute Gasteiger partial charge is 0.478 e. The molecule has 2 heterocycles. The van der Waals surface area contributed by atoms with Gasteiger partial charge in [-0.05, 0) is 80.5 Å². The molecule has 0 bridgehead atoms. The molecule has 1 amide bonds. The van der Waals surface area contributed by atoms with Gasteiger partial charge in [-0.25, -0.2) is 9.78 Å². The Balaban J connectivity index is 1.81. The minimum atomic E-state index is -1.06. The lowest BCUT2D eigenvalue weighted by atomic mass is 9.97. The zero-order chi connectivity index (χ0) is 38.9. The molecule has 0 unspecified atom stereocenters. The van der Waals surface area contributed by atoms with Gasteiger partial charge in [-0.2, -0.15) is 0 Å². The number of aromatic nitrogens is 1. The lowest BCUT2D eigenvalue weighted by Crippen LogP contribution is -2.49. The van der Waals surface area contributed by atoms with Gasteiger partial charge in [0.1, 0.15) is 19.1 Å². The van der Waals surface area contributed by atoms with Crippen molar-refractivity contribution in [3.63, 3.8) is 0 Å². The van der Waals surface area contributed by atoms with Gasteiger partial charge < -0.3 is 24.6 Å². The topological polar surface area (TPSA) is 171 Å². The van der Waals surface area contributed by atoms with E-state index in [-0.39, 0.29) is 55.9 Å². The van der Waals surface area contributed by atoms with Gasteiger partial charge in [0.25, 0.3) is 0 Å². The molecule has 0 spiro atoms. The number of fused-ring (bicyclic) bond motifs is 1. The van der Waals surface area contributed by atoms with Crippen molar-refractivity contribution in [1.29, 1.82) is 0 Å². The first-order valence-electron chi connectivity index (χ1n) is 17.5. The van der Waals surface area contributed by atoms with Crippen molar-refractivity contribution in [3.8, 4) is 0 Å². The molecule has 1 aromatic heterocycles. The highest BCUT2D eigenvalue weighted by molar-refractivity contribution is 7.22. The number of esters is 3. The van der Waals surface area contributed by atoms with Crippen molar-refractivity contribution >= 4 is 56.5 Å². The predicted molar refractivity (Wildman–Crippen MR) is 198 cm³/mol. The molecule has 16 heteroatoms. The van der Waals surface area contributed by atoms with E-state index < -0.39 is 22.4 Å². The minimum absolute atomic E-state index is 0.0150. The number of amides is 1. The summed E-state index contributed by atoms with van der Waals surface area (Å²) in [4.78, 5) is 75.3. The van der Waals surface area contributed by atoms with Crippen LogP contribution in [0.2, 0.25) is 0 Å². The number of anilines is 1. The Morgan fingerprint density at radius 1 is 0.731 bits per heavy atom. The van der Waals surface area contributed by atoms with E-state index in [2.05, 4.69) is 10.3 Å². The van der Waals surface area contributed by atoms with E-state index in [0.29, 0.717) is 63.0 Å². The zero-order valence-electron chi connectivity index (χ0n) is 32.1. The second-order valence-electron chi connectivity index (χ2n) is 16.1. The summed E-state index contributed by atoms with van der Waals surface area (Å²) in [6, 6.07) is 4.63. The number of rotatable bonds is 10. The lowest BCUT2D eigenvalue weighted by Gasteiger charge is -2.34. The van der Waals surface area contributed by atoms with Crippen molar-refractivity contribution in [3.05, 3.63) is 23.8 Å². The Labute approximate surface area is 310 Å². The number of hydrogen-bond donors (Lipinski definition) is 2. The summed E-state index contributed by atoms with van der Waals surface area (Å²) in [7, 11) is 0. The van der Waals surface area contributed by atoms with Crippen LogP contribution in [0.3, 0.4) is 0 Å². The van der Waals surface area contributed by atoms with Crippen LogP contribution in [0.5, 0.6) is 0 Å². The van der Waals surface area contributed by atoms with E-state index in [1.807, 2.05) is 40.4 Å². The molecule has 2 aromatic rings. The second-order valence-corrected chi connectivity index (χ2v) is 17.1. The molecule has 1 aromatic carbocycles. The maximum atomic E-state index is 13.4. The number of thiazole rings is 1. The van der Waals surface area contributed by atoms with Gasteiger partial charge in [-0.3, -0.25) is 38.8 Å². The highest BCUT2D eigenvalue weighted by atomic mass is 32.1. The van der Waals surface area contributed by atoms with E-state index in [1.54, 1.807) is 47.6 Å². The van der Waals surface area contributed by atoms with Gasteiger partial charge in [0.05, 0.1) is 39.7 Å². The molecular weight excluding hydrogens is 692 g/mol. The molecule has 3 rings (SSSR count). The number of hydrogen-bond acceptors (Lipinski definition) is 14. The van der Waals surface area contributed by atoms with Gasteiger partial charge in [0.2, 0.25) is 5.91 Å². The average molecular weight is 749 g/mol. The predicted octanol–water partition coefficient (Wildman–Crippen LogP) is 3.59. The summed E-state index contributed by atoms with van der Waals surface area (Å²) < 4.78 is 17.7. The first-order valence-corrected chi connectivity index (χ1v) is 18.3. The average Bonchev–Trinajstić information content (AvgIpc) is 3.41. The highest BCUT2D eigenvalue weighted by Crippen LogP contribution is 2.27. The SMILES string of the molecule is CC(C)(C)OC(=O)CN1CCN(COC(=O)C(C)(C)C)CCN(COC(=O)C(C)(C)C)CCN(CC(=O)Nc2nc3cc(C(=O)O)ccc3s2)CC1. The van der Waals surface area contributed by atoms with Crippen LogP contribution < -0.4 is 5.32 Å². The molecule has 2 N–H and O–H groups in total. The fraction of sp³-hybridized carbons (Fsp3) is 0.667. The number of carboxylic acids is 1. The fourth-order valence-corrected chi connectivity index (χ4v) is 5.78. The number of benzene rings is 1. The molecule has 1 aliphatic rings. The van der Waals surface area contributed by atoms with Crippen LogP contribution in [0, 0.1) is 10.8 Å². The Hall–Kier alpha value is -3.70. The standard InChI is InChI=1S/C36H56N6O9S/c1-34(2,3)31(47)49-23-41-16-14-39(21-28(43)38-33-37-26-20-25(30(45)46)10-11-27(26)52-33)12-13-40(22-29(44)51-36(7,8)9)15-17-42(19-18-41)24-50-32(48)35(4,5)6/h10-11,20H,12-19,21-24H2,1-9H3,(H,45,46)(H,37,38,43). The smallest absolute Gasteiger partial charge is 0.335 e. The Morgan fingerprint density at radius 2 is 1.19 bits per heavy atom. The normalized spacial score (nSPS) is 16.8. The monoisotopic (exact) mass is 748 g/mol. The first-order chi connectivity index (χ1) is 24.1. The molecule has 0 radical (unpaired) electrons. The van der Waals surface area contributed by atoms with E-state index in [1.165, 1.54) is 23.5 Å².